The van der Waals surface area contributed by atoms with Crippen LogP contribution in [0.4, 0.5) is 5.69 Å². The third-order valence-corrected chi connectivity index (χ3v) is 4.80. The summed E-state index contributed by atoms with van der Waals surface area (Å²) in [6.45, 7) is 3.86. The molecule has 1 aromatic carbocycles. The number of allylic oxidation sites excluding steroid dienone is 1. The number of amides is 1. The minimum Gasteiger partial charge on any atom is -0.345 e. The molecule has 2 fully saturated rings. The third-order valence-electron chi connectivity index (χ3n) is 4.06. The van der Waals surface area contributed by atoms with Gasteiger partial charge in [-0.05, 0) is 56.9 Å². The van der Waals surface area contributed by atoms with Gasteiger partial charge in [0.25, 0.3) is 0 Å². The van der Waals surface area contributed by atoms with Crippen molar-refractivity contribution in [2.45, 2.75) is 44.7 Å². The zero-order chi connectivity index (χ0) is 16.6. The van der Waals surface area contributed by atoms with E-state index in [0.29, 0.717) is 21.7 Å². The molecule has 3 rings (SSSR count). The minimum atomic E-state index is -0.491. The van der Waals surface area contributed by atoms with E-state index in [-0.39, 0.29) is 18.1 Å². The number of benzene rings is 1. The predicted octanol–water partition coefficient (Wildman–Crippen LogP) is 4.42. The highest BCUT2D eigenvalue weighted by molar-refractivity contribution is 6.42. The van der Waals surface area contributed by atoms with Crippen molar-refractivity contribution in [1.82, 2.24) is 0 Å². The van der Waals surface area contributed by atoms with Gasteiger partial charge in [0.05, 0.1) is 22.3 Å². The normalized spacial score (nSPS) is 29.0. The lowest BCUT2D eigenvalue weighted by molar-refractivity contribution is -0.152. The van der Waals surface area contributed by atoms with Crippen LogP contribution in [0, 0.1) is 5.92 Å². The Bertz CT molecular complexity index is 629. The minimum absolute atomic E-state index is 0.123. The van der Waals surface area contributed by atoms with Crippen molar-refractivity contribution in [3.63, 3.8) is 0 Å². The van der Waals surface area contributed by atoms with Crippen LogP contribution in [0.2, 0.25) is 10.0 Å². The molecule has 0 aromatic heterocycles. The molecule has 3 atom stereocenters. The van der Waals surface area contributed by atoms with Gasteiger partial charge in [-0.1, -0.05) is 29.3 Å². The van der Waals surface area contributed by atoms with Gasteiger partial charge in [0.2, 0.25) is 5.91 Å². The van der Waals surface area contributed by atoms with Gasteiger partial charge < -0.3 is 14.8 Å². The lowest BCUT2D eigenvalue weighted by atomic mass is 10.1. The highest BCUT2D eigenvalue weighted by Gasteiger charge is 2.46. The smallest absolute Gasteiger partial charge is 0.248 e. The Morgan fingerprint density at radius 1 is 1.22 bits per heavy atom. The number of hydrogen-bond acceptors (Lipinski definition) is 3. The lowest BCUT2D eigenvalue weighted by Crippen LogP contribution is -2.22. The Balaban J connectivity index is 1.53. The van der Waals surface area contributed by atoms with E-state index in [2.05, 4.69) is 5.32 Å². The van der Waals surface area contributed by atoms with Gasteiger partial charge in [-0.3, -0.25) is 4.79 Å². The Kier molecular flexibility index (Phi) is 4.70. The molecule has 0 radical (unpaired) electrons. The fourth-order valence-electron chi connectivity index (χ4n) is 3.14. The summed E-state index contributed by atoms with van der Waals surface area (Å²) >= 11 is 11.8. The monoisotopic (exact) mass is 355 g/mol. The molecule has 1 aliphatic carbocycles. The van der Waals surface area contributed by atoms with E-state index in [1.165, 1.54) is 0 Å². The van der Waals surface area contributed by atoms with Crippen molar-refractivity contribution in [2.24, 2.45) is 5.92 Å². The van der Waals surface area contributed by atoms with Gasteiger partial charge in [-0.25, -0.2) is 0 Å². The van der Waals surface area contributed by atoms with Crippen LogP contribution in [0.25, 0.3) is 0 Å². The fourth-order valence-corrected chi connectivity index (χ4v) is 3.44. The van der Waals surface area contributed by atoms with Gasteiger partial charge in [-0.2, -0.15) is 0 Å². The van der Waals surface area contributed by atoms with Crippen LogP contribution in [0.3, 0.4) is 0 Å². The molecule has 0 spiro atoms. The van der Waals surface area contributed by atoms with Crippen molar-refractivity contribution in [3.05, 3.63) is 40.4 Å². The lowest BCUT2D eigenvalue weighted by Gasteiger charge is -2.19. The highest BCUT2D eigenvalue weighted by atomic mass is 35.5. The van der Waals surface area contributed by atoms with Gasteiger partial charge in [0, 0.05) is 5.69 Å². The summed E-state index contributed by atoms with van der Waals surface area (Å²) in [5.74, 6) is -0.391. The predicted molar refractivity (Wildman–Crippen MR) is 90.8 cm³/mol. The molecular formula is C17H19Cl2NO3. The third kappa shape index (κ3) is 4.07. The topological polar surface area (TPSA) is 47.6 Å². The van der Waals surface area contributed by atoms with Crippen LogP contribution >= 0.6 is 23.2 Å². The average Bonchev–Trinajstić information content (AvgIpc) is 2.93. The second kappa shape index (κ2) is 6.44. The number of carbonyl (C=O) groups excluding carboxylic acids is 1. The fraction of sp³-hybridized carbons (Fsp3) is 0.471. The number of rotatable bonds is 3. The molecule has 1 N–H and O–H groups in total. The summed E-state index contributed by atoms with van der Waals surface area (Å²) in [7, 11) is 0. The Hall–Kier alpha value is -1.07. The van der Waals surface area contributed by atoms with E-state index in [4.69, 9.17) is 32.7 Å². The zero-order valence-electron chi connectivity index (χ0n) is 13.0. The van der Waals surface area contributed by atoms with E-state index in [9.17, 15) is 4.79 Å². The first-order valence-electron chi connectivity index (χ1n) is 7.62. The number of carbonyl (C=O) groups is 1. The molecule has 1 unspecified atom stereocenters. The number of nitrogens with one attached hydrogen (secondary N) is 1. The van der Waals surface area contributed by atoms with Crippen LogP contribution < -0.4 is 5.32 Å². The van der Waals surface area contributed by atoms with Crippen molar-refractivity contribution < 1.29 is 14.3 Å². The highest BCUT2D eigenvalue weighted by Crippen LogP contribution is 2.41. The molecule has 1 heterocycles. The van der Waals surface area contributed by atoms with Crippen LogP contribution in [0.1, 0.15) is 26.7 Å². The van der Waals surface area contributed by atoms with Crippen molar-refractivity contribution in [1.29, 1.82) is 0 Å². The Morgan fingerprint density at radius 2 is 1.87 bits per heavy atom. The maximum absolute atomic E-state index is 12.0. The van der Waals surface area contributed by atoms with Crippen molar-refractivity contribution >= 4 is 34.8 Å². The van der Waals surface area contributed by atoms with Gasteiger partial charge in [0.1, 0.15) is 0 Å². The van der Waals surface area contributed by atoms with E-state index in [1.54, 1.807) is 24.3 Å². The number of anilines is 1. The van der Waals surface area contributed by atoms with E-state index >= 15 is 0 Å². The summed E-state index contributed by atoms with van der Waals surface area (Å²) in [4.78, 5) is 12.0. The number of ether oxygens (including phenoxy) is 2. The molecule has 1 aliphatic heterocycles. The molecule has 6 heteroatoms. The van der Waals surface area contributed by atoms with Crippen LogP contribution in [0.15, 0.2) is 30.4 Å². The standard InChI is InChI=1S/C17H19Cl2NO3/c1-17(2)22-14-7-10(8-15(14)23-17)3-6-16(21)20-11-4-5-12(18)13(19)9-11/h3-6,9-10,14-15H,7-8H2,1-2H3,(H,20,21)/b6-3+/t10?,14-,15+. The van der Waals surface area contributed by atoms with Gasteiger partial charge in [-0.15, -0.1) is 0 Å². The average molecular weight is 356 g/mol. The summed E-state index contributed by atoms with van der Waals surface area (Å²) in [5, 5.41) is 3.64. The zero-order valence-corrected chi connectivity index (χ0v) is 14.5. The molecule has 2 aliphatic rings. The molecule has 1 saturated heterocycles. The first-order chi connectivity index (χ1) is 10.8. The Labute approximate surface area is 145 Å². The van der Waals surface area contributed by atoms with Crippen molar-refractivity contribution in [3.8, 4) is 0 Å². The number of halogens is 2. The van der Waals surface area contributed by atoms with Gasteiger partial charge >= 0.3 is 0 Å². The first kappa shape index (κ1) is 16.8. The summed E-state index contributed by atoms with van der Waals surface area (Å²) in [5.41, 5.74) is 0.616. The van der Waals surface area contributed by atoms with Gasteiger partial charge in [0.15, 0.2) is 5.79 Å². The van der Waals surface area contributed by atoms with Crippen LogP contribution in [-0.4, -0.2) is 23.9 Å². The molecule has 23 heavy (non-hydrogen) atoms. The number of hydrogen-bond donors (Lipinski definition) is 1. The molecule has 1 amide bonds. The Morgan fingerprint density at radius 3 is 2.48 bits per heavy atom. The molecule has 1 aromatic rings. The van der Waals surface area contributed by atoms with Crippen molar-refractivity contribution in [2.75, 3.05) is 5.32 Å². The largest absolute Gasteiger partial charge is 0.345 e. The summed E-state index contributed by atoms with van der Waals surface area (Å²) < 4.78 is 11.7. The summed E-state index contributed by atoms with van der Waals surface area (Å²) in [6.07, 6.45) is 5.48. The van der Waals surface area contributed by atoms with Crippen LogP contribution in [-0.2, 0) is 14.3 Å². The van der Waals surface area contributed by atoms with E-state index < -0.39 is 5.79 Å². The molecule has 1 saturated carbocycles. The quantitative estimate of drug-likeness (QED) is 0.816. The SMILES string of the molecule is CC1(C)O[C@H]2CC(/C=C/C(=O)Nc3ccc(Cl)c(Cl)c3)C[C@H]2O1. The maximum atomic E-state index is 12.0. The second-order valence-electron chi connectivity index (χ2n) is 6.42. The second-order valence-corrected chi connectivity index (χ2v) is 7.24. The molecule has 4 nitrogen and oxygen atoms in total. The molecule has 0 bridgehead atoms. The summed E-state index contributed by atoms with van der Waals surface area (Å²) in [6, 6.07) is 4.99. The first-order valence-corrected chi connectivity index (χ1v) is 8.38. The van der Waals surface area contributed by atoms with E-state index in [1.807, 2.05) is 19.9 Å². The number of fused-ring (bicyclic) bond motifs is 1. The van der Waals surface area contributed by atoms with Crippen LogP contribution in [0.5, 0.6) is 0 Å². The molecular weight excluding hydrogens is 337 g/mol. The van der Waals surface area contributed by atoms with E-state index in [0.717, 1.165) is 12.8 Å². The molecule has 124 valence electrons. The maximum Gasteiger partial charge on any atom is 0.248 e.